The highest BCUT2D eigenvalue weighted by molar-refractivity contribution is 6.07. The third-order valence-electron chi connectivity index (χ3n) is 4.49. The third-order valence-corrected chi connectivity index (χ3v) is 4.49. The molecule has 0 unspecified atom stereocenters. The van der Waals surface area contributed by atoms with E-state index < -0.39 is 17.2 Å². The molecule has 0 aliphatic carbocycles. The normalized spacial score (nSPS) is 10.6. The molecule has 0 bridgehead atoms. The van der Waals surface area contributed by atoms with Gasteiger partial charge in [0, 0.05) is 18.7 Å². The van der Waals surface area contributed by atoms with Crippen LogP contribution in [0.4, 0.5) is 11.5 Å². The number of nitrogens with two attached hydrogens (primary N) is 1. The molecule has 1 aromatic heterocycles. The average Bonchev–Trinajstić information content (AvgIpc) is 2.70. The summed E-state index contributed by atoms with van der Waals surface area (Å²) in [5.41, 5.74) is 5.12. The molecule has 3 N–H and O–H groups in total. The van der Waals surface area contributed by atoms with Crippen LogP contribution in [0.1, 0.15) is 44.0 Å². The SMILES string of the molecule is CCCCn1c(N)c(N(CC)C(=O)c2ccc(OCC)c(OC)c2)c(=O)[nH]c1=O. The molecular weight excluding hydrogens is 376 g/mol. The van der Waals surface area contributed by atoms with Gasteiger partial charge < -0.3 is 20.1 Å². The summed E-state index contributed by atoms with van der Waals surface area (Å²) in [7, 11) is 1.48. The van der Waals surface area contributed by atoms with Crippen LogP contribution in [-0.4, -0.2) is 35.7 Å². The summed E-state index contributed by atoms with van der Waals surface area (Å²) in [4.78, 5) is 41.3. The fourth-order valence-electron chi connectivity index (χ4n) is 3.01. The Kier molecular flexibility index (Phi) is 7.46. The highest BCUT2D eigenvalue weighted by Crippen LogP contribution is 2.29. The van der Waals surface area contributed by atoms with Crippen LogP contribution in [0.25, 0.3) is 0 Å². The molecule has 1 amide bonds. The second-order valence-corrected chi connectivity index (χ2v) is 6.35. The van der Waals surface area contributed by atoms with Gasteiger partial charge >= 0.3 is 5.69 Å². The van der Waals surface area contributed by atoms with Gasteiger partial charge in [-0.05, 0) is 38.5 Å². The van der Waals surface area contributed by atoms with Gasteiger partial charge in [-0.15, -0.1) is 0 Å². The van der Waals surface area contributed by atoms with Crippen molar-refractivity contribution in [3.05, 3.63) is 44.6 Å². The largest absolute Gasteiger partial charge is 0.493 e. The van der Waals surface area contributed by atoms with Crippen molar-refractivity contribution in [3.8, 4) is 11.5 Å². The topological polar surface area (TPSA) is 120 Å². The molecule has 0 fully saturated rings. The van der Waals surface area contributed by atoms with Crippen LogP contribution in [0, 0.1) is 0 Å². The Morgan fingerprint density at radius 3 is 2.52 bits per heavy atom. The number of benzene rings is 1. The number of nitrogen functional groups attached to an aromatic ring is 1. The van der Waals surface area contributed by atoms with Crippen LogP contribution >= 0.6 is 0 Å². The lowest BCUT2D eigenvalue weighted by molar-refractivity contribution is 0.0987. The number of aromatic amines is 1. The van der Waals surface area contributed by atoms with Crippen LogP contribution in [0.5, 0.6) is 11.5 Å². The van der Waals surface area contributed by atoms with Gasteiger partial charge in [-0.2, -0.15) is 0 Å². The molecule has 9 nitrogen and oxygen atoms in total. The van der Waals surface area contributed by atoms with E-state index >= 15 is 0 Å². The molecule has 0 spiro atoms. The number of anilines is 2. The Hall–Kier alpha value is -3.23. The van der Waals surface area contributed by atoms with Crippen molar-refractivity contribution >= 4 is 17.4 Å². The van der Waals surface area contributed by atoms with E-state index in [0.717, 1.165) is 6.42 Å². The second kappa shape index (κ2) is 9.81. The standard InChI is InChI=1S/C20H28N4O5/c1-5-8-11-24-17(21)16(18(25)22-20(24)27)23(6-2)19(26)13-9-10-14(29-7-3)15(12-13)28-4/h9-10,12H,5-8,11,21H2,1-4H3,(H,22,25,27). The van der Waals surface area contributed by atoms with E-state index in [9.17, 15) is 14.4 Å². The smallest absolute Gasteiger partial charge is 0.330 e. The Morgan fingerprint density at radius 2 is 1.93 bits per heavy atom. The summed E-state index contributed by atoms with van der Waals surface area (Å²) in [5.74, 6) is 0.454. The number of ether oxygens (including phenoxy) is 2. The van der Waals surface area contributed by atoms with Crippen LogP contribution < -0.4 is 31.4 Å². The molecular formula is C20H28N4O5. The van der Waals surface area contributed by atoms with Gasteiger partial charge in [-0.3, -0.25) is 19.1 Å². The molecule has 0 radical (unpaired) electrons. The predicted molar refractivity (Wildman–Crippen MR) is 112 cm³/mol. The molecule has 0 saturated heterocycles. The number of aromatic nitrogens is 2. The van der Waals surface area contributed by atoms with Gasteiger partial charge in [0.1, 0.15) is 5.82 Å². The molecule has 158 valence electrons. The lowest BCUT2D eigenvalue weighted by Crippen LogP contribution is -2.41. The molecule has 0 aliphatic rings. The first-order valence-corrected chi connectivity index (χ1v) is 9.64. The number of hydrogen-bond donors (Lipinski definition) is 2. The van der Waals surface area contributed by atoms with Gasteiger partial charge in [0.25, 0.3) is 11.5 Å². The lowest BCUT2D eigenvalue weighted by atomic mass is 10.1. The zero-order valence-corrected chi connectivity index (χ0v) is 17.3. The van der Waals surface area contributed by atoms with Gasteiger partial charge in [-0.1, -0.05) is 13.3 Å². The molecule has 2 aromatic rings. The van der Waals surface area contributed by atoms with Crippen LogP contribution in [-0.2, 0) is 6.54 Å². The number of carbonyl (C=O) groups is 1. The van der Waals surface area contributed by atoms with Crippen molar-refractivity contribution in [3.63, 3.8) is 0 Å². The maximum atomic E-state index is 13.2. The zero-order valence-electron chi connectivity index (χ0n) is 17.3. The van der Waals surface area contributed by atoms with Crippen LogP contribution in [0.2, 0.25) is 0 Å². The average molecular weight is 404 g/mol. The van der Waals surface area contributed by atoms with E-state index in [4.69, 9.17) is 15.2 Å². The lowest BCUT2D eigenvalue weighted by Gasteiger charge is -2.23. The first kappa shape index (κ1) is 22.1. The molecule has 2 rings (SSSR count). The molecule has 0 saturated carbocycles. The van der Waals surface area contributed by atoms with Gasteiger partial charge in [0.15, 0.2) is 17.2 Å². The minimum Gasteiger partial charge on any atom is -0.493 e. The molecule has 1 aromatic carbocycles. The Bertz CT molecular complexity index is 980. The van der Waals surface area contributed by atoms with E-state index in [0.29, 0.717) is 36.6 Å². The highest BCUT2D eigenvalue weighted by Gasteiger charge is 2.24. The van der Waals surface area contributed by atoms with Gasteiger partial charge in [-0.25, -0.2) is 4.79 Å². The van der Waals surface area contributed by atoms with E-state index in [1.807, 2.05) is 13.8 Å². The molecule has 9 heteroatoms. The third kappa shape index (κ3) is 4.61. The minimum absolute atomic E-state index is 0.0275. The minimum atomic E-state index is -0.701. The van der Waals surface area contributed by atoms with E-state index in [1.165, 1.54) is 16.6 Å². The van der Waals surface area contributed by atoms with E-state index in [1.54, 1.807) is 25.1 Å². The molecule has 1 heterocycles. The van der Waals surface area contributed by atoms with Crippen molar-refractivity contribution in [2.24, 2.45) is 0 Å². The Morgan fingerprint density at radius 1 is 1.21 bits per heavy atom. The first-order valence-electron chi connectivity index (χ1n) is 9.64. The number of carbonyl (C=O) groups excluding carboxylic acids is 1. The van der Waals surface area contributed by atoms with E-state index in [-0.39, 0.29) is 18.1 Å². The van der Waals surface area contributed by atoms with Crippen molar-refractivity contribution in [2.75, 3.05) is 30.9 Å². The summed E-state index contributed by atoms with van der Waals surface area (Å²) in [6.07, 6.45) is 1.56. The number of hydrogen-bond acceptors (Lipinski definition) is 6. The van der Waals surface area contributed by atoms with E-state index in [2.05, 4.69) is 4.98 Å². The number of unbranched alkanes of at least 4 members (excludes halogenated alkanes) is 1. The fourth-order valence-corrected chi connectivity index (χ4v) is 3.01. The predicted octanol–water partition coefficient (Wildman–Crippen LogP) is 1.99. The van der Waals surface area contributed by atoms with Crippen molar-refractivity contribution < 1.29 is 14.3 Å². The first-order chi connectivity index (χ1) is 13.9. The number of nitrogens with zero attached hydrogens (tertiary/aromatic N) is 2. The summed E-state index contributed by atoms with van der Waals surface area (Å²) >= 11 is 0. The van der Waals surface area contributed by atoms with Crippen LogP contribution in [0.15, 0.2) is 27.8 Å². The summed E-state index contributed by atoms with van der Waals surface area (Å²) < 4.78 is 12.1. The Balaban J connectivity index is 2.52. The summed E-state index contributed by atoms with van der Waals surface area (Å²) in [6.45, 7) is 6.55. The second-order valence-electron chi connectivity index (χ2n) is 6.35. The molecule has 29 heavy (non-hydrogen) atoms. The number of amides is 1. The monoisotopic (exact) mass is 404 g/mol. The summed E-state index contributed by atoms with van der Waals surface area (Å²) in [6, 6.07) is 4.78. The number of rotatable bonds is 9. The maximum absolute atomic E-state index is 13.2. The van der Waals surface area contributed by atoms with Crippen LogP contribution in [0.3, 0.4) is 0 Å². The van der Waals surface area contributed by atoms with Crippen molar-refractivity contribution in [1.82, 2.24) is 9.55 Å². The van der Waals surface area contributed by atoms with Crippen molar-refractivity contribution in [2.45, 2.75) is 40.2 Å². The number of nitrogens with one attached hydrogen (secondary N) is 1. The zero-order chi connectivity index (χ0) is 21.6. The molecule has 0 atom stereocenters. The number of H-pyrrole nitrogens is 1. The molecule has 0 aliphatic heterocycles. The quantitative estimate of drug-likeness (QED) is 0.660. The van der Waals surface area contributed by atoms with Crippen molar-refractivity contribution in [1.29, 1.82) is 0 Å². The van der Waals surface area contributed by atoms with Gasteiger partial charge in [0.05, 0.1) is 13.7 Å². The number of methoxy groups -OCH3 is 1. The summed E-state index contributed by atoms with van der Waals surface area (Å²) in [5, 5.41) is 0. The Labute approximate surface area is 169 Å². The maximum Gasteiger partial charge on any atom is 0.330 e. The highest BCUT2D eigenvalue weighted by atomic mass is 16.5. The fraction of sp³-hybridized carbons (Fsp3) is 0.450. The van der Waals surface area contributed by atoms with Gasteiger partial charge in [0.2, 0.25) is 0 Å².